The number of benzene rings is 2. The molecule has 34 heavy (non-hydrogen) atoms. The lowest BCUT2D eigenvalue weighted by Crippen LogP contribution is -2.22. The van der Waals surface area contributed by atoms with Crippen LogP contribution in [-0.4, -0.2) is 35.7 Å². The molecule has 5 aromatic rings. The van der Waals surface area contributed by atoms with Crippen molar-refractivity contribution in [2.75, 3.05) is 5.32 Å². The van der Waals surface area contributed by atoms with Crippen LogP contribution in [-0.2, 0) is 4.79 Å². The molecule has 0 spiro atoms. The maximum absolute atomic E-state index is 12.9. The smallest absolute Gasteiger partial charge is 0.270 e. The average Bonchev–Trinajstić information content (AvgIpc) is 3.46. The van der Waals surface area contributed by atoms with Gasteiger partial charge in [-0.2, -0.15) is 0 Å². The Labute approximate surface area is 202 Å². The van der Waals surface area contributed by atoms with Crippen molar-refractivity contribution in [3.8, 4) is 11.3 Å². The number of hydrogen-bond donors (Lipinski definition) is 1. The van der Waals surface area contributed by atoms with Crippen molar-refractivity contribution in [3.05, 3.63) is 75.7 Å². The third-order valence-electron chi connectivity index (χ3n) is 5.31. The molecule has 0 aliphatic heterocycles. The number of rotatable bonds is 6. The van der Waals surface area contributed by atoms with Gasteiger partial charge in [-0.1, -0.05) is 42.1 Å². The molecule has 5 rings (SSSR count). The quantitative estimate of drug-likeness (QED) is 0.194. The molecular formula is C23H18N6O3S2. The number of fused-ring (bicyclic) bond motifs is 3. The molecule has 1 atom stereocenters. The lowest BCUT2D eigenvalue weighted by atomic mass is 10.1. The Morgan fingerprint density at radius 1 is 1.18 bits per heavy atom. The molecule has 3 aromatic heterocycles. The number of thioether (sulfide) groups is 1. The van der Waals surface area contributed by atoms with E-state index in [1.807, 2.05) is 35.6 Å². The van der Waals surface area contributed by atoms with Crippen molar-refractivity contribution in [1.29, 1.82) is 0 Å². The molecule has 170 valence electrons. The monoisotopic (exact) mass is 490 g/mol. The highest BCUT2D eigenvalue weighted by Gasteiger charge is 2.21. The molecular weight excluding hydrogens is 472 g/mol. The van der Waals surface area contributed by atoms with Gasteiger partial charge in [-0.05, 0) is 31.5 Å². The van der Waals surface area contributed by atoms with Crippen molar-refractivity contribution in [1.82, 2.24) is 19.6 Å². The summed E-state index contributed by atoms with van der Waals surface area (Å²) < 4.78 is 1.96. The predicted octanol–water partition coefficient (Wildman–Crippen LogP) is 5.34. The Balaban J connectivity index is 1.34. The number of carbonyl (C=O) groups is 1. The normalized spacial score (nSPS) is 12.2. The number of aromatic nitrogens is 4. The number of pyridine rings is 1. The fraction of sp³-hybridized carbons (Fsp3) is 0.130. The molecule has 9 nitrogen and oxygen atoms in total. The fourth-order valence-corrected chi connectivity index (χ4v) is 5.20. The van der Waals surface area contributed by atoms with Gasteiger partial charge < -0.3 is 5.32 Å². The van der Waals surface area contributed by atoms with Crippen LogP contribution in [0.2, 0.25) is 0 Å². The molecule has 0 saturated heterocycles. The molecule has 1 N–H and O–H groups in total. The van der Waals surface area contributed by atoms with E-state index in [1.54, 1.807) is 24.4 Å². The zero-order chi connectivity index (χ0) is 23.8. The van der Waals surface area contributed by atoms with Crippen LogP contribution in [0.4, 0.5) is 10.8 Å². The van der Waals surface area contributed by atoms with E-state index in [9.17, 15) is 14.9 Å². The molecule has 0 bridgehead atoms. The van der Waals surface area contributed by atoms with E-state index in [-0.39, 0.29) is 11.6 Å². The number of nitro benzene ring substituents is 1. The summed E-state index contributed by atoms with van der Waals surface area (Å²) in [6.45, 7) is 3.84. The van der Waals surface area contributed by atoms with E-state index in [4.69, 9.17) is 0 Å². The number of anilines is 1. The van der Waals surface area contributed by atoms with Crippen LogP contribution in [0, 0.1) is 17.0 Å². The third-order valence-corrected chi connectivity index (χ3v) is 7.11. The highest BCUT2D eigenvalue weighted by Crippen LogP contribution is 2.30. The minimum atomic E-state index is -0.461. The number of aryl methyl sites for hydroxylation is 1. The number of hydrogen-bond acceptors (Lipinski definition) is 8. The van der Waals surface area contributed by atoms with Crippen LogP contribution >= 0.6 is 23.1 Å². The Hall–Kier alpha value is -3.83. The number of para-hydroxylation sites is 1. The number of amides is 1. The van der Waals surface area contributed by atoms with E-state index in [2.05, 4.69) is 26.6 Å². The number of thiazole rings is 1. The number of carbonyl (C=O) groups excluding carboxylic acids is 1. The molecule has 3 heterocycles. The lowest BCUT2D eigenvalue weighted by Gasteiger charge is -2.11. The first-order valence-corrected chi connectivity index (χ1v) is 12.1. The SMILES string of the molecule is Cc1cc2nnc(SC(C)C(=O)Nc3nc(-c4cccc([N+](=O)[O-])c4)cs3)n2c2ccccc12. The Kier molecular flexibility index (Phi) is 5.72. The topological polar surface area (TPSA) is 115 Å². The van der Waals surface area contributed by atoms with Crippen molar-refractivity contribution in [2.45, 2.75) is 24.3 Å². The summed E-state index contributed by atoms with van der Waals surface area (Å²) in [5, 5.41) is 25.9. The minimum absolute atomic E-state index is 0.00985. The van der Waals surface area contributed by atoms with E-state index in [1.165, 1.54) is 35.2 Å². The van der Waals surface area contributed by atoms with Crippen LogP contribution in [0.5, 0.6) is 0 Å². The van der Waals surface area contributed by atoms with Crippen LogP contribution in [0.1, 0.15) is 12.5 Å². The van der Waals surface area contributed by atoms with Gasteiger partial charge >= 0.3 is 0 Å². The Morgan fingerprint density at radius 3 is 2.82 bits per heavy atom. The van der Waals surface area contributed by atoms with E-state index >= 15 is 0 Å². The van der Waals surface area contributed by atoms with E-state index in [0.29, 0.717) is 21.5 Å². The summed E-state index contributed by atoms with van der Waals surface area (Å²) >= 11 is 2.58. The maximum atomic E-state index is 12.9. The van der Waals surface area contributed by atoms with Gasteiger partial charge in [-0.25, -0.2) is 4.98 Å². The number of nitro groups is 1. The first-order valence-electron chi connectivity index (χ1n) is 10.3. The third kappa shape index (κ3) is 4.11. The summed E-state index contributed by atoms with van der Waals surface area (Å²) in [7, 11) is 0. The predicted molar refractivity (Wildman–Crippen MR) is 133 cm³/mol. The molecule has 0 fully saturated rings. The minimum Gasteiger partial charge on any atom is -0.301 e. The Bertz CT molecular complexity index is 1560. The van der Waals surface area contributed by atoms with Crippen LogP contribution in [0.25, 0.3) is 27.8 Å². The Morgan fingerprint density at radius 2 is 2.00 bits per heavy atom. The van der Waals surface area contributed by atoms with Gasteiger partial charge in [0.15, 0.2) is 15.9 Å². The standard InChI is InChI=1S/C23H18N6O3S2/c1-13-10-20-26-27-23(28(20)19-9-4-3-8-17(13)19)34-14(2)21(30)25-22-24-18(12-33-22)15-6-5-7-16(11-15)29(31)32/h3-12,14H,1-2H3,(H,24,25,30). The second kappa shape index (κ2) is 8.84. The first-order chi connectivity index (χ1) is 16.4. The van der Waals surface area contributed by atoms with Gasteiger partial charge in [-0.15, -0.1) is 21.5 Å². The van der Waals surface area contributed by atoms with Gasteiger partial charge in [0.2, 0.25) is 5.91 Å². The van der Waals surface area contributed by atoms with Crippen LogP contribution in [0.3, 0.4) is 0 Å². The highest BCUT2D eigenvalue weighted by atomic mass is 32.2. The molecule has 0 aliphatic rings. The fourth-order valence-electron chi connectivity index (χ4n) is 3.61. The van der Waals surface area contributed by atoms with Crippen LogP contribution in [0.15, 0.2) is 65.1 Å². The maximum Gasteiger partial charge on any atom is 0.270 e. The largest absolute Gasteiger partial charge is 0.301 e. The molecule has 0 radical (unpaired) electrons. The molecule has 0 aliphatic carbocycles. The zero-order valence-corrected chi connectivity index (χ0v) is 19.8. The summed E-state index contributed by atoms with van der Waals surface area (Å²) in [6.07, 6.45) is 0. The molecule has 1 unspecified atom stereocenters. The second-order valence-corrected chi connectivity index (χ2v) is 9.78. The second-order valence-electron chi connectivity index (χ2n) is 7.62. The van der Waals surface area contributed by atoms with Crippen molar-refractivity contribution < 1.29 is 9.72 Å². The lowest BCUT2D eigenvalue weighted by molar-refractivity contribution is -0.384. The molecule has 2 aromatic carbocycles. The van der Waals surface area contributed by atoms with Gasteiger partial charge in [0.05, 0.1) is 21.4 Å². The average molecular weight is 491 g/mol. The highest BCUT2D eigenvalue weighted by molar-refractivity contribution is 8.00. The zero-order valence-electron chi connectivity index (χ0n) is 18.1. The van der Waals surface area contributed by atoms with Crippen molar-refractivity contribution in [3.63, 3.8) is 0 Å². The number of non-ortho nitro benzene ring substituents is 1. The van der Waals surface area contributed by atoms with Gasteiger partial charge in [0.1, 0.15) is 0 Å². The van der Waals surface area contributed by atoms with Gasteiger partial charge in [0.25, 0.3) is 5.69 Å². The molecule has 11 heteroatoms. The summed E-state index contributed by atoms with van der Waals surface area (Å²) in [5.41, 5.74) is 4.00. The first kappa shape index (κ1) is 22.0. The van der Waals surface area contributed by atoms with E-state index < -0.39 is 10.2 Å². The van der Waals surface area contributed by atoms with Crippen molar-refractivity contribution in [2.24, 2.45) is 0 Å². The summed E-state index contributed by atoms with van der Waals surface area (Å²) in [6, 6.07) is 16.2. The summed E-state index contributed by atoms with van der Waals surface area (Å²) in [5.74, 6) is -0.224. The van der Waals surface area contributed by atoms with E-state index in [0.717, 1.165) is 22.1 Å². The molecule has 0 saturated carbocycles. The van der Waals surface area contributed by atoms with Gasteiger partial charge in [-0.3, -0.25) is 19.3 Å². The van der Waals surface area contributed by atoms with Gasteiger partial charge in [0, 0.05) is 28.5 Å². The number of nitrogens with one attached hydrogen (secondary N) is 1. The molecule has 1 amide bonds. The summed E-state index contributed by atoms with van der Waals surface area (Å²) in [4.78, 5) is 27.9. The van der Waals surface area contributed by atoms with Crippen LogP contribution < -0.4 is 5.32 Å². The van der Waals surface area contributed by atoms with Crippen molar-refractivity contribution >= 4 is 56.4 Å². The number of nitrogens with zero attached hydrogens (tertiary/aromatic N) is 5.